The highest BCUT2D eigenvalue weighted by atomic mass is 16.7. The molecule has 1 aromatic carbocycles. The van der Waals surface area contributed by atoms with Gasteiger partial charge >= 0.3 is 0 Å². The summed E-state index contributed by atoms with van der Waals surface area (Å²) >= 11 is 0. The van der Waals surface area contributed by atoms with E-state index in [0.29, 0.717) is 0 Å². The minimum atomic E-state index is 0.0308. The van der Waals surface area contributed by atoms with Crippen LogP contribution in [0.15, 0.2) is 12.1 Å². The van der Waals surface area contributed by atoms with Gasteiger partial charge in [0.05, 0.1) is 5.52 Å². The summed E-state index contributed by atoms with van der Waals surface area (Å²) in [6.07, 6.45) is 2.68. The third-order valence-corrected chi connectivity index (χ3v) is 4.54. The molecule has 2 heterocycles. The summed E-state index contributed by atoms with van der Waals surface area (Å²) in [5, 5.41) is 4.13. The predicted molar refractivity (Wildman–Crippen MR) is 82.2 cm³/mol. The maximum Gasteiger partial charge on any atom is 0.231 e. The Labute approximate surface area is 128 Å². The number of rotatable bonds is 1. The molecule has 0 bridgehead atoms. The first kappa shape index (κ1) is 13.4. The fourth-order valence-corrected chi connectivity index (χ4v) is 3.46. The largest absolute Gasteiger partial charge is 0.454 e. The number of pyridine rings is 1. The molecular weight excluding hydrogens is 280 g/mol. The van der Waals surface area contributed by atoms with Crippen molar-refractivity contribution in [1.29, 1.82) is 0 Å². The number of nitrogens with zero attached hydrogens (tertiary/aromatic N) is 1. The summed E-state index contributed by atoms with van der Waals surface area (Å²) in [6, 6.07) is 4.18. The lowest BCUT2D eigenvalue weighted by molar-refractivity contribution is -0.119. The number of benzene rings is 1. The highest BCUT2D eigenvalue weighted by Gasteiger charge is 2.24. The average molecular weight is 298 g/mol. The average Bonchev–Trinajstić information content (AvgIpc) is 2.93. The monoisotopic (exact) mass is 298 g/mol. The van der Waals surface area contributed by atoms with Crippen molar-refractivity contribution in [2.75, 3.05) is 6.79 Å². The molecule has 2 aliphatic rings. The van der Waals surface area contributed by atoms with Crippen LogP contribution in [0.5, 0.6) is 11.5 Å². The smallest absolute Gasteiger partial charge is 0.231 e. The van der Waals surface area contributed by atoms with Crippen molar-refractivity contribution < 1.29 is 14.3 Å². The molecule has 1 N–H and O–H groups in total. The Morgan fingerprint density at radius 2 is 2.09 bits per heavy atom. The van der Waals surface area contributed by atoms with Crippen LogP contribution in [0, 0.1) is 6.92 Å². The fourth-order valence-electron chi connectivity index (χ4n) is 3.46. The van der Waals surface area contributed by atoms with Gasteiger partial charge in [0.15, 0.2) is 11.5 Å². The first-order valence-electron chi connectivity index (χ1n) is 7.60. The molecule has 1 aliphatic heterocycles. The van der Waals surface area contributed by atoms with Crippen LogP contribution in [0.3, 0.4) is 0 Å². The molecule has 1 amide bonds. The van der Waals surface area contributed by atoms with E-state index < -0.39 is 0 Å². The second-order valence-electron chi connectivity index (χ2n) is 6.02. The normalized spacial score (nSPS) is 19.1. The van der Waals surface area contributed by atoms with E-state index >= 15 is 0 Å². The molecule has 5 heteroatoms. The van der Waals surface area contributed by atoms with Crippen molar-refractivity contribution in [2.24, 2.45) is 0 Å². The van der Waals surface area contributed by atoms with Gasteiger partial charge in [0.1, 0.15) is 0 Å². The first-order chi connectivity index (χ1) is 10.6. The summed E-state index contributed by atoms with van der Waals surface area (Å²) in [4.78, 5) is 16.1. The number of hydrogen-bond donors (Lipinski definition) is 1. The van der Waals surface area contributed by atoms with E-state index in [9.17, 15) is 4.79 Å². The van der Waals surface area contributed by atoms with Crippen LogP contribution < -0.4 is 14.8 Å². The standard InChI is InChI=1S/C17H18N2O3/c1-9-12-5-11(18-10(2)20)3-4-14(12)19-15-7-17-16(6-13(9)15)21-8-22-17/h6-7,11H,3-5,8H2,1-2H3,(H,18,20)/t11-/m0/s1. The highest BCUT2D eigenvalue weighted by Crippen LogP contribution is 2.38. The number of fused-ring (bicyclic) bond motifs is 3. The first-order valence-corrected chi connectivity index (χ1v) is 7.60. The topological polar surface area (TPSA) is 60.5 Å². The number of aromatic nitrogens is 1. The number of hydrogen-bond acceptors (Lipinski definition) is 4. The summed E-state index contributed by atoms with van der Waals surface area (Å²) in [5.74, 6) is 1.58. The summed E-state index contributed by atoms with van der Waals surface area (Å²) in [7, 11) is 0. The Hall–Kier alpha value is -2.30. The van der Waals surface area contributed by atoms with Crippen molar-refractivity contribution in [2.45, 2.75) is 39.2 Å². The molecule has 0 saturated heterocycles. The molecule has 1 atom stereocenters. The van der Waals surface area contributed by atoms with Gasteiger partial charge in [0.25, 0.3) is 0 Å². The van der Waals surface area contributed by atoms with Gasteiger partial charge in [-0.2, -0.15) is 0 Å². The van der Waals surface area contributed by atoms with Gasteiger partial charge in [-0.25, -0.2) is 0 Å². The molecule has 0 unspecified atom stereocenters. The van der Waals surface area contributed by atoms with E-state index in [2.05, 4.69) is 12.2 Å². The van der Waals surface area contributed by atoms with Crippen molar-refractivity contribution >= 4 is 16.8 Å². The zero-order valence-corrected chi connectivity index (χ0v) is 12.7. The Bertz CT molecular complexity index is 785. The molecule has 0 radical (unpaired) electrons. The quantitative estimate of drug-likeness (QED) is 0.877. The highest BCUT2D eigenvalue weighted by molar-refractivity contribution is 5.87. The summed E-state index contributed by atoms with van der Waals surface area (Å²) in [6.45, 7) is 3.97. The second-order valence-corrected chi connectivity index (χ2v) is 6.02. The lowest BCUT2D eigenvalue weighted by atomic mass is 9.87. The van der Waals surface area contributed by atoms with E-state index in [4.69, 9.17) is 14.5 Å². The van der Waals surface area contributed by atoms with Gasteiger partial charge in [0, 0.05) is 30.1 Å². The Balaban J connectivity index is 1.80. The van der Waals surface area contributed by atoms with E-state index in [1.54, 1.807) is 6.92 Å². The van der Waals surface area contributed by atoms with E-state index in [1.807, 2.05) is 12.1 Å². The number of ether oxygens (including phenoxy) is 2. The molecule has 114 valence electrons. The van der Waals surface area contributed by atoms with Crippen LogP contribution in [-0.2, 0) is 17.6 Å². The minimum absolute atomic E-state index is 0.0308. The summed E-state index contributed by atoms with van der Waals surface area (Å²) < 4.78 is 10.9. The molecule has 5 nitrogen and oxygen atoms in total. The van der Waals surface area contributed by atoms with E-state index in [1.165, 1.54) is 11.1 Å². The van der Waals surface area contributed by atoms with Crippen molar-refractivity contribution in [1.82, 2.24) is 10.3 Å². The number of carbonyl (C=O) groups excluding carboxylic acids is 1. The number of nitrogens with one attached hydrogen (secondary N) is 1. The maximum atomic E-state index is 11.3. The lowest BCUT2D eigenvalue weighted by Crippen LogP contribution is -2.38. The van der Waals surface area contributed by atoms with E-state index in [0.717, 1.165) is 47.4 Å². The number of carbonyl (C=O) groups is 1. The van der Waals surface area contributed by atoms with Gasteiger partial charge in [-0.05, 0) is 43.4 Å². The van der Waals surface area contributed by atoms with Crippen LogP contribution >= 0.6 is 0 Å². The van der Waals surface area contributed by atoms with Gasteiger partial charge < -0.3 is 14.8 Å². The zero-order valence-electron chi connectivity index (χ0n) is 12.7. The predicted octanol–water partition coefficient (Wildman–Crippen LogP) is 2.27. The van der Waals surface area contributed by atoms with Crippen LogP contribution in [-0.4, -0.2) is 23.7 Å². The Morgan fingerprint density at radius 3 is 2.86 bits per heavy atom. The molecule has 1 aromatic heterocycles. The Kier molecular flexibility index (Phi) is 2.96. The van der Waals surface area contributed by atoms with Gasteiger partial charge in [0.2, 0.25) is 12.7 Å². The van der Waals surface area contributed by atoms with Gasteiger partial charge in [-0.1, -0.05) is 0 Å². The fraction of sp³-hybridized carbons (Fsp3) is 0.412. The molecule has 4 rings (SSSR count). The third kappa shape index (κ3) is 2.08. The number of amides is 1. The SMILES string of the molecule is CC(=O)N[C@H]1CCc2nc3cc4c(cc3c(C)c2C1)OCO4. The molecule has 0 spiro atoms. The van der Waals surface area contributed by atoms with E-state index in [-0.39, 0.29) is 18.7 Å². The summed E-state index contributed by atoms with van der Waals surface area (Å²) in [5.41, 5.74) is 4.59. The zero-order chi connectivity index (χ0) is 15.3. The molecule has 0 fully saturated rings. The lowest BCUT2D eigenvalue weighted by Gasteiger charge is -2.26. The molecular formula is C17H18N2O3. The molecule has 1 aliphatic carbocycles. The second kappa shape index (κ2) is 4.87. The van der Waals surface area contributed by atoms with Gasteiger partial charge in [-0.15, -0.1) is 0 Å². The Morgan fingerprint density at radius 1 is 1.32 bits per heavy atom. The molecule has 22 heavy (non-hydrogen) atoms. The molecule has 0 saturated carbocycles. The minimum Gasteiger partial charge on any atom is -0.454 e. The maximum absolute atomic E-state index is 11.3. The third-order valence-electron chi connectivity index (χ3n) is 4.54. The number of aryl methyl sites for hydroxylation is 2. The van der Waals surface area contributed by atoms with Crippen molar-refractivity contribution in [3.63, 3.8) is 0 Å². The van der Waals surface area contributed by atoms with Crippen LogP contribution in [0.2, 0.25) is 0 Å². The van der Waals surface area contributed by atoms with Crippen molar-refractivity contribution in [3.8, 4) is 11.5 Å². The molecule has 2 aromatic rings. The van der Waals surface area contributed by atoms with Crippen LogP contribution in [0.4, 0.5) is 0 Å². The van der Waals surface area contributed by atoms with Crippen LogP contribution in [0.1, 0.15) is 30.2 Å². The van der Waals surface area contributed by atoms with Crippen LogP contribution in [0.25, 0.3) is 10.9 Å². The van der Waals surface area contributed by atoms with Gasteiger partial charge in [-0.3, -0.25) is 9.78 Å². The van der Waals surface area contributed by atoms with Crippen molar-refractivity contribution in [3.05, 3.63) is 29.0 Å².